The fourth-order valence-electron chi connectivity index (χ4n) is 3.11. The molecule has 1 aromatic carbocycles. The van der Waals surface area contributed by atoms with E-state index in [0.29, 0.717) is 12.5 Å². The van der Waals surface area contributed by atoms with Gasteiger partial charge in [0, 0.05) is 32.1 Å². The van der Waals surface area contributed by atoms with Gasteiger partial charge in [-0.3, -0.25) is 9.36 Å². The average molecular weight is 359 g/mol. The van der Waals surface area contributed by atoms with Crippen LogP contribution in [0.25, 0.3) is 22.5 Å². The quantitative estimate of drug-likeness (QED) is 0.592. The van der Waals surface area contributed by atoms with Crippen LogP contribution in [0.15, 0.2) is 54.9 Å². The van der Waals surface area contributed by atoms with E-state index in [9.17, 15) is 0 Å². The van der Waals surface area contributed by atoms with E-state index in [4.69, 9.17) is 0 Å². The number of hydrogen-bond donors (Lipinski definition) is 1. The minimum Gasteiger partial charge on any atom is -0.348 e. The van der Waals surface area contributed by atoms with Gasteiger partial charge in [0.15, 0.2) is 0 Å². The predicted molar refractivity (Wildman–Crippen MR) is 105 cm³/mol. The van der Waals surface area contributed by atoms with Crippen molar-refractivity contribution in [3.63, 3.8) is 0 Å². The summed E-state index contributed by atoms with van der Waals surface area (Å²) in [7, 11) is 3.86. The second kappa shape index (κ2) is 7.03. The zero-order chi connectivity index (χ0) is 18.8. The Morgan fingerprint density at radius 2 is 1.85 bits per heavy atom. The number of rotatable bonds is 5. The highest BCUT2D eigenvalue weighted by Gasteiger charge is 2.10. The molecule has 0 bridgehead atoms. The lowest BCUT2D eigenvalue weighted by Gasteiger charge is -2.04. The van der Waals surface area contributed by atoms with Gasteiger partial charge in [0.1, 0.15) is 0 Å². The molecule has 0 fully saturated rings. The number of benzene rings is 1. The van der Waals surface area contributed by atoms with E-state index in [1.165, 1.54) is 0 Å². The van der Waals surface area contributed by atoms with E-state index in [1.54, 1.807) is 10.9 Å². The van der Waals surface area contributed by atoms with Gasteiger partial charge in [-0.15, -0.1) is 0 Å². The Balaban J connectivity index is 1.51. The fraction of sp³-hybridized carbons (Fsp3) is 0.200. The normalized spacial score (nSPS) is 10.9. The first-order valence-electron chi connectivity index (χ1n) is 8.76. The Kier molecular flexibility index (Phi) is 4.42. The van der Waals surface area contributed by atoms with Crippen LogP contribution >= 0.6 is 0 Å². The highest BCUT2D eigenvalue weighted by atomic mass is 15.3. The predicted octanol–water partition coefficient (Wildman–Crippen LogP) is 3.20. The van der Waals surface area contributed by atoms with Gasteiger partial charge in [-0.2, -0.15) is 10.2 Å². The lowest BCUT2D eigenvalue weighted by molar-refractivity contribution is 0.753. The molecule has 0 unspecified atom stereocenters. The average Bonchev–Trinajstić information content (AvgIpc) is 3.22. The van der Waals surface area contributed by atoms with Crippen LogP contribution in [0.4, 0.5) is 5.95 Å². The molecule has 4 aromatic rings. The van der Waals surface area contributed by atoms with Gasteiger partial charge >= 0.3 is 0 Å². The van der Waals surface area contributed by atoms with E-state index in [2.05, 4.69) is 43.7 Å². The molecule has 0 aliphatic heterocycles. The molecule has 3 aromatic heterocycles. The Morgan fingerprint density at radius 3 is 2.59 bits per heavy atom. The number of nitrogens with zero attached hydrogens (tertiary/aromatic N) is 6. The van der Waals surface area contributed by atoms with Crippen LogP contribution in [0.5, 0.6) is 0 Å². The van der Waals surface area contributed by atoms with Gasteiger partial charge in [0.25, 0.3) is 0 Å². The second-order valence-electron chi connectivity index (χ2n) is 6.43. The summed E-state index contributed by atoms with van der Waals surface area (Å²) in [4.78, 5) is 8.93. The summed E-state index contributed by atoms with van der Waals surface area (Å²) in [6, 6.07) is 14.2. The Hall–Kier alpha value is -3.48. The number of aryl methyl sites for hydroxylation is 3. The summed E-state index contributed by atoms with van der Waals surface area (Å²) in [5.74, 6) is 0.572. The number of nitrogens with one attached hydrogen (secondary N) is 1. The van der Waals surface area contributed by atoms with E-state index in [1.807, 2.05) is 56.2 Å². The molecule has 136 valence electrons. The molecule has 0 aliphatic rings. The van der Waals surface area contributed by atoms with Crippen molar-refractivity contribution < 1.29 is 0 Å². The minimum atomic E-state index is 0.552. The molecule has 3 heterocycles. The molecule has 0 aliphatic carbocycles. The topological polar surface area (TPSA) is 73.5 Å². The van der Waals surface area contributed by atoms with Crippen molar-refractivity contribution in [2.24, 2.45) is 14.1 Å². The number of aromatic nitrogens is 6. The highest BCUT2D eigenvalue weighted by Crippen LogP contribution is 2.22. The highest BCUT2D eigenvalue weighted by molar-refractivity contribution is 5.62. The molecule has 0 radical (unpaired) electrons. The molecule has 7 heteroatoms. The van der Waals surface area contributed by atoms with Gasteiger partial charge < -0.3 is 5.32 Å². The van der Waals surface area contributed by atoms with Crippen molar-refractivity contribution in [1.82, 2.24) is 29.5 Å². The maximum Gasteiger partial charge on any atom is 0.223 e. The Morgan fingerprint density at radius 1 is 1.04 bits per heavy atom. The van der Waals surface area contributed by atoms with E-state index in [0.717, 1.165) is 33.9 Å². The number of anilines is 1. The minimum absolute atomic E-state index is 0.552. The van der Waals surface area contributed by atoms with Crippen LogP contribution in [-0.2, 0) is 20.6 Å². The SMILES string of the molecule is Cc1nn(C)cc1-c1ccnc(NCc2cc(-c3ccccc3)n(C)n2)n1. The molecule has 1 N–H and O–H groups in total. The molecule has 4 rings (SSSR count). The first-order chi connectivity index (χ1) is 13.1. The van der Waals surface area contributed by atoms with Crippen molar-refractivity contribution in [2.75, 3.05) is 5.32 Å². The maximum atomic E-state index is 4.61. The van der Waals surface area contributed by atoms with Crippen molar-refractivity contribution >= 4 is 5.95 Å². The maximum absolute atomic E-state index is 4.61. The van der Waals surface area contributed by atoms with Crippen LogP contribution in [0.1, 0.15) is 11.4 Å². The summed E-state index contributed by atoms with van der Waals surface area (Å²) in [6.07, 6.45) is 3.72. The molecule has 0 atom stereocenters. The summed E-state index contributed by atoms with van der Waals surface area (Å²) in [5, 5.41) is 12.2. The van der Waals surface area contributed by atoms with Crippen LogP contribution in [0.2, 0.25) is 0 Å². The molecular formula is C20H21N7. The molecule has 0 amide bonds. The Labute approximate surface area is 157 Å². The van der Waals surface area contributed by atoms with Crippen LogP contribution in [0.3, 0.4) is 0 Å². The van der Waals surface area contributed by atoms with Crippen molar-refractivity contribution in [3.05, 3.63) is 66.2 Å². The number of hydrogen-bond acceptors (Lipinski definition) is 5. The summed E-state index contributed by atoms with van der Waals surface area (Å²) in [6.45, 7) is 2.53. The summed E-state index contributed by atoms with van der Waals surface area (Å²) < 4.78 is 3.68. The zero-order valence-electron chi connectivity index (χ0n) is 15.6. The molecule has 7 nitrogen and oxygen atoms in total. The lowest BCUT2D eigenvalue weighted by Crippen LogP contribution is -2.05. The van der Waals surface area contributed by atoms with E-state index >= 15 is 0 Å². The molecule has 0 saturated carbocycles. The third-order valence-electron chi connectivity index (χ3n) is 4.37. The first-order valence-corrected chi connectivity index (χ1v) is 8.76. The lowest BCUT2D eigenvalue weighted by atomic mass is 10.1. The van der Waals surface area contributed by atoms with E-state index in [-0.39, 0.29) is 0 Å². The van der Waals surface area contributed by atoms with Crippen molar-refractivity contribution in [1.29, 1.82) is 0 Å². The molecule has 27 heavy (non-hydrogen) atoms. The third-order valence-corrected chi connectivity index (χ3v) is 4.37. The van der Waals surface area contributed by atoms with Gasteiger partial charge in [0.2, 0.25) is 5.95 Å². The molecule has 0 spiro atoms. The third kappa shape index (κ3) is 3.57. The zero-order valence-corrected chi connectivity index (χ0v) is 15.6. The van der Waals surface area contributed by atoms with Crippen LogP contribution in [-0.4, -0.2) is 29.5 Å². The fourth-order valence-corrected chi connectivity index (χ4v) is 3.11. The first kappa shape index (κ1) is 17.0. The van der Waals surface area contributed by atoms with Crippen LogP contribution < -0.4 is 5.32 Å². The van der Waals surface area contributed by atoms with Gasteiger partial charge in [-0.05, 0) is 24.6 Å². The molecule has 0 saturated heterocycles. The monoisotopic (exact) mass is 359 g/mol. The van der Waals surface area contributed by atoms with Gasteiger partial charge in [0.05, 0.1) is 29.3 Å². The van der Waals surface area contributed by atoms with Crippen LogP contribution in [0, 0.1) is 6.92 Å². The standard InChI is InChI=1S/C20H21N7/c1-14-17(13-26(2)24-14)18-9-10-21-20(23-18)22-12-16-11-19(27(3)25-16)15-7-5-4-6-8-15/h4-11,13H,12H2,1-3H3,(H,21,22,23). The summed E-state index contributed by atoms with van der Waals surface area (Å²) in [5.41, 5.74) is 5.95. The van der Waals surface area contributed by atoms with E-state index < -0.39 is 0 Å². The van der Waals surface area contributed by atoms with Gasteiger partial charge in [-0.25, -0.2) is 9.97 Å². The largest absolute Gasteiger partial charge is 0.348 e. The van der Waals surface area contributed by atoms with Gasteiger partial charge in [-0.1, -0.05) is 30.3 Å². The van der Waals surface area contributed by atoms with Crippen molar-refractivity contribution in [2.45, 2.75) is 13.5 Å². The second-order valence-corrected chi connectivity index (χ2v) is 6.43. The Bertz CT molecular complexity index is 1060. The smallest absolute Gasteiger partial charge is 0.223 e. The molecular weight excluding hydrogens is 338 g/mol. The van der Waals surface area contributed by atoms with Crippen molar-refractivity contribution in [3.8, 4) is 22.5 Å². The summed E-state index contributed by atoms with van der Waals surface area (Å²) >= 11 is 0.